The first-order valence-electron chi connectivity index (χ1n) is 12.1. The largest absolute Gasteiger partial charge is 0.463 e. The molecule has 1 aromatic carbocycles. The van der Waals surface area contributed by atoms with Crippen LogP contribution in [0, 0.1) is 6.92 Å². The van der Waals surface area contributed by atoms with Crippen LogP contribution in [-0.4, -0.2) is 23.9 Å². The van der Waals surface area contributed by atoms with Gasteiger partial charge in [0.25, 0.3) is 0 Å². The SMILES string of the molecule is CCCCOC(=O)/C=C/c1cc(C)ccc1P(=S)(C1CCCCC1)C1CCCCC1. The van der Waals surface area contributed by atoms with Crippen molar-refractivity contribution < 1.29 is 9.53 Å². The summed E-state index contributed by atoms with van der Waals surface area (Å²) < 4.78 is 5.35. The number of hydrogen-bond donors (Lipinski definition) is 0. The Labute approximate surface area is 188 Å². The van der Waals surface area contributed by atoms with Gasteiger partial charge in [-0.25, -0.2) is 4.79 Å². The summed E-state index contributed by atoms with van der Waals surface area (Å²) in [5.41, 5.74) is 3.75. The zero-order valence-electron chi connectivity index (χ0n) is 18.9. The fourth-order valence-electron chi connectivity index (χ4n) is 5.27. The molecule has 2 aliphatic rings. The van der Waals surface area contributed by atoms with Crippen molar-refractivity contribution in [3.63, 3.8) is 0 Å². The average Bonchev–Trinajstić information content (AvgIpc) is 2.78. The average molecular weight is 447 g/mol. The Morgan fingerprint density at radius 1 is 1.07 bits per heavy atom. The quantitative estimate of drug-likeness (QED) is 0.184. The third kappa shape index (κ3) is 5.86. The van der Waals surface area contributed by atoms with E-state index in [0.29, 0.717) is 17.9 Å². The maximum absolute atomic E-state index is 12.2. The van der Waals surface area contributed by atoms with Crippen molar-refractivity contribution in [2.45, 2.75) is 102 Å². The van der Waals surface area contributed by atoms with Crippen LogP contribution in [0.4, 0.5) is 0 Å². The van der Waals surface area contributed by atoms with E-state index < -0.39 is 6.04 Å². The van der Waals surface area contributed by atoms with Gasteiger partial charge in [0.2, 0.25) is 0 Å². The van der Waals surface area contributed by atoms with Crippen LogP contribution in [0.2, 0.25) is 0 Å². The molecule has 1 aromatic rings. The maximum atomic E-state index is 12.2. The second kappa shape index (κ2) is 11.6. The van der Waals surface area contributed by atoms with Crippen LogP contribution in [0.3, 0.4) is 0 Å². The summed E-state index contributed by atoms with van der Waals surface area (Å²) in [6.07, 6.45) is 18.8. The van der Waals surface area contributed by atoms with Gasteiger partial charge in [0.15, 0.2) is 0 Å². The van der Waals surface area contributed by atoms with E-state index in [-0.39, 0.29) is 5.97 Å². The molecule has 0 heterocycles. The van der Waals surface area contributed by atoms with E-state index in [4.69, 9.17) is 16.5 Å². The summed E-state index contributed by atoms with van der Waals surface area (Å²) in [7, 11) is 0. The molecule has 0 spiro atoms. The van der Waals surface area contributed by atoms with E-state index >= 15 is 0 Å². The molecule has 0 radical (unpaired) electrons. The zero-order chi connectivity index (χ0) is 21.4. The number of carbonyl (C=O) groups excluding carboxylic acids is 1. The van der Waals surface area contributed by atoms with Gasteiger partial charge in [-0.2, -0.15) is 0 Å². The summed E-state index contributed by atoms with van der Waals surface area (Å²) in [5.74, 6) is -0.237. The zero-order valence-corrected chi connectivity index (χ0v) is 20.6. The molecule has 2 nitrogen and oxygen atoms in total. The van der Waals surface area contributed by atoms with Crippen molar-refractivity contribution in [2.24, 2.45) is 0 Å². The number of benzene rings is 1. The van der Waals surface area contributed by atoms with Crippen LogP contribution in [-0.2, 0) is 21.3 Å². The van der Waals surface area contributed by atoms with Crippen molar-refractivity contribution in [2.75, 3.05) is 6.61 Å². The monoisotopic (exact) mass is 446 g/mol. The van der Waals surface area contributed by atoms with Gasteiger partial charge >= 0.3 is 5.97 Å². The Bertz CT molecular complexity index is 751. The molecule has 0 aliphatic heterocycles. The van der Waals surface area contributed by atoms with Crippen LogP contribution >= 0.6 is 6.04 Å². The predicted molar refractivity (Wildman–Crippen MR) is 134 cm³/mol. The molecule has 0 unspecified atom stereocenters. The number of esters is 1. The van der Waals surface area contributed by atoms with Crippen molar-refractivity contribution in [3.05, 3.63) is 35.4 Å². The molecule has 2 saturated carbocycles. The summed E-state index contributed by atoms with van der Waals surface area (Å²) in [4.78, 5) is 12.2. The van der Waals surface area contributed by atoms with Crippen molar-refractivity contribution >= 4 is 35.2 Å². The minimum Gasteiger partial charge on any atom is -0.463 e. The van der Waals surface area contributed by atoms with Crippen LogP contribution in [0.25, 0.3) is 6.08 Å². The highest BCUT2D eigenvalue weighted by Gasteiger charge is 2.39. The van der Waals surface area contributed by atoms with Gasteiger partial charge in [-0.05, 0) is 73.3 Å². The number of aryl methyl sites for hydroxylation is 1. The molecular formula is C26H39O2PS. The van der Waals surface area contributed by atoms with Gasteiger partial charge in [-0.1, -0.05) is 87.4 Å². The number of hydrogen-bond acceptors (Lipinski definition) is 3. The van der Waals surface area contributed by atoms with E-state index in [1.807, 2.05) is 6.08 Å². The number of ether oxygens (including phenoxy) is 1. The first kappa shape index (κ1) is 23.7. The first-order chi connectivity index (χ1) is 14.6. The lowest BCUT2D eigenvalue weighted by Gasteiger charge is -2.42. The fraction of sp³-hybridized carbons (Fsp3) is 0.654. The molecule has 3 rings (SSSR count). The summed E-state index contributed by atoms with van der Waals surface area (Å²) in [6, 6.07) is 5.05. The molecule has 0 saturated heterocycles. The summed E-state index contributed by atoms with van der Waals surface area (Å²) >= 11 is 6.77. The van der Waals surface area contributed by atoms with E-state index in [1.165, 1.54) is 80.6 Å². The van der Waals surface area contributed by atoms with Crippen molar-refractivity contribution in [1.82, 2.24) is 0 Å². The smallest absolute Gasteiger partial charge is 0.330 e. The van der Waals surface area contributed by atoms with Gasteiger partial charge in [-0.15, -0.1) is 0 Å². The third-order valence-corrected chi connectivity index (χ3v) is 13.7. The minimum absolute atomic E-state index is 0.237. The first-order valence-corrected chi connectivity index (χ1v) is 15.0. The standard InChI is InChI=1S/C26H39O2PS/c1-3-4-19-28-26(27)18-16-22-20-21(2)15-17-25(22)29(30,23-11-7-5-8-12-23)24-13-9-6-10-14-24/h15-18,20,23-24H,3-14,19H2,1-2H3/b18-16+. The molecule has 4 heteroatoms. The van der Waals surface area contributed by atoms with Crippen LogP contribution in [0.15, 0.2) is 24.3 Å². The molecule has 0 atom stereocenters. The van der Waals surface area contributed by atoms with E-state index in [9.17, 15) is 4.79 Å². The molecule has 166 valence electrons. The van der Waals surface area contributed by atoms with Gasteiger partial charge in [-0.3, -0.25) is 0 Å². The van der Waals surface area contributed by atoms with Gasteiger partial charge in [0, 0.05) is 6.08 Å². The Morgan fingerprint density at radius 2 is 1.67 bits per heavy atom. The number of rotatable bonds is 8. The van der Waals surface area contributed by atoms with Gasteiger partial charge in [0.05, 0.1) is 6.61 Å². The van der Waals surface area contributed by atoms with Crippen LogP contribution in [0.5, 0.6) is 0 Å². The topological polar surface area (TPSA) is 26.3 Å². The fourth-order valence-corrected chi connectivity index (χ4v) is 11.5. The normalized spacial score (nSPS) is 19.3. The van der Waals surface area contributed by atoms with E-state index in [1.54, 1.807) is 6.08 Å². The Kier molecular flexibility index (Phi) is 9.20. The van der Waals surface area contributed by atoms with Gasteiger partial charge in [0.1, 0.15) is 0 Å². The van der Waals surface area contributed by atoms with Crippen molar-refractivity contribution in [1.29, 1.82) is 0 Å². The molecule has 0 aromatic heterocycles. The van der Waals surface area contributed by atoms with Crippen LogP contribution in [0.1, 0.15) is 95.1 Å². The molecule has 30 heavy (non-hydrogen) atoms. The molecule has 2 aliphatic carbocycles. The van der Waals surface area contributed by atoms with Crippen molar-refractivity contribution in [3.8, 4) is 0 Å². The lowest BCUT2D eigenvalue weighted by atomic mass is 9.99. The lowest BCUT2D eigenvalue weighted by molar-refractivity contribution is -0.137. The second-order valence-electron chi connectivity index (χ2n) is 9.21. The third-order valence-electron chi connectivity index (χ3n) is 6.94. The molecule has 0 N–H and O–H groups in total. The summed E-state index contributed by atoms with van der Waals surface area (Å²) in [5, 5.41) is 1.39. The lowest BCUT2D eigenvalue weighted by Crippen LogP contribution is -2.30. The maximum Gasteiger partial charge on any atom is 0.330 e. The minimum atomic E-state index is -1.74. The molecule has 0 bridgehead atoms. The highest BCUT2D eigenvalue weighted by atomic mass is 32.4. The highest BCUT2D eigenvalue weighted by Crippen LogP contribution is 2.62. The predicted octanol–water partition coefficient (Wildman–Crippen LogP) is 7.12. The Balaban J connectivity index is 1.94. The Morgan fingerprint density at radius 3 is 2.23 bits per heavy atom. The molecular weight excluding hydrogens is 407 g/mol. The number of unbranched alkanes of at least 4 members (excludes halogenated alkanes) is 1. The second-order valence-corrected chi connectivity index (χ2v) is 14.4. The molecule has 0 amide bonds. The number of carbonyl (C=O) groups is 1. The van der Waals surface area contributed by atoms with E-state index in [0.717, 1.165) is 12.8 Å². The van der Waals surface area contributed by atoms with Crippen LogP contribution < -0.4 is 5.30 Å². The van der Waals surface area contributed by atoms with E-state index in [2.05, 4.69) is 32.0 Å². The van der Waals surface area contributed by atoms with Gasteiger partial charge < -0.3 is 4.74 Å². The highest BCUT2D eigenvalue weighted by molar-refractivity contribution is 8.19. The molecule has 2 fully saturated rings. The summed E-state index contributed by atoms with van der Waals surface area (Å²) in [6.45, 7) is 4.74. The Hall–Kier alpha value is -0.920.